The van der Waals surface area contributed by atoms with Gasteiger partial charge in [0.2, 0.25) is 29.6 Å². The van der Waals surface area contributed by atoms with Crippen LogP contribution in [0.5, 0.6) is 11.5 Å². The summed E-state index contributed by atoms with van der Waals surface area (Å²) in [6, 6.07) is 16.0. The molecule has 8 aromatic rings. The molecule has 0 bridgehead atoms. The maximum absolute atomic E-state index is 14.1. The number of carboxylic acid groups (broad SMARTS) is 1. The SMILES string of the molecule is CCn1nc(C)cc1C(=O)Nc1nc2cc(C(N)=O)cc(OC)c2n1C/C=C/Cn1c(NC(=O)c2cc(C)nn2CC)nc2cc(C(N)=O)cc(OCCCN3CCC(c4nnc5n4CCN(C(=O)CCOCCOCCOCCOCCOCCOCCOCCOCCOCCOCCON=C(C)c4ccc(C[C@H](N)C(=O)O)cc4)C5)CC3)c21. The lowest BCUT2D eigenvalue weighted by molar-refractivity contribution is -0.138. The fraction of sp³-hybridized carbons (Fsp3) is 0.549. The number of aliphatic carboxylic acids is 1. The van der Waals surface area contributed by atoms with Crippen molar-refractivity contribution in [2.75, 3.05) is 189 Å². The number of anilines is 2. The number of allylic oxidation sites excluding steroid dienone is 2. The minimum atomic E-state index is -1.03. The van der Waals surface area contributed by atoms with Gasteiger partial charge < -0.3 is 107 Å². The molecule has 0 spiro atoms. The molecule has 658 valence electrons. The number of ether oxygens (including phenoxy) is 12. The van der Waals surface area contributed by atoms with Crippen molar-refractivity contribution in [3.8, 4) is 11.5 Å². The molecule has 0 aliphatic carbocycles. The number of nitrogens with zero attached hydrogens (tertiary/aromatic N) is 14. The fourth-order valence-corrected chi connectivity index (χ4v) is 13.7. The number of fused-ring (bicyclic) bond motifs is 3. The number of nitrogens with two attached hydrogens (primary N) is 3. The third-order valence-corrected chi connectivity index (χ3v) is 19.9. The number of primary amides is 2. The van der Waals surface area contributed by atoms with Gasteiger partial charge in [-0.25, -0.2) is 9.97 Å². The molecule has 10 rings (SSSR count). The van der Waals surface area contributed by atoms with Gasteiger partial charge in [-0.1, -0.05) is 41.6 Å². The Morgan fingerprint density at radius 3 is 1.48 bits per heavy atom. The normalized spacial score (nSPS) is 13.7. The first-order valence-corrected chi connectivity index (χ1v) is 41.0. The monoisotopic (exact) mass is 1690 g/mol. The maximum atomic E-state index is 14.1. The summed E-state index contributed by atoms with van der Waals surface area (Å²) < 4.78 is 77.1. The van der Waals surface area contributed by atoms with E-state index in [0.29, 0.717) is 227 Å². The summed E-state index contributed by atoms with van der Waals surface area (Å²) >= 11 is 0. The van der Waals surface area contributed by atoms with Crippen LogP contribution in [-0.2, 0) is 107 Å². The molecule has 5 amide bonds. The molecule has 1 fully saturated rings. The van der Waals surface area contributed by atoms with Crippen LogP contribution in [0.3, 0.4) is 0 Å². The van der Waals surface area contributed by atoms with Crippen molar-refractivity contribution in [2.45, 2.75) is 118 Å². The van der Waals surface area contributed by atoms with Gasteiger partial charge in [-0.15, -0.1) is 10.2 Å². The van der Waals surface area contributed by atoms with Crippen molar-refractivity contribution in [1.82, 2.24) is 63.2 Å². The Balaban J connectivity index is 0.556. The van der Waals surface area contributed by atoms with Gasteiger partial charge in [-0.05, 0) is 121 Å². The number of likely N-dealkylation sites (tertiary alicyclic amines) is 1. The molecule has 0 unspecified atom stereocenters. The van der Waals surface area contributed by atoms with E-state index >= 15 is 0 Å². The summed E-state index contributed by atoms with van der Waals surface area (Å²) in [6.07, 6.45) is 6.58. The summed E-state index contributed by atoms with van der Waals surface area (Å²) in [5, 5.41) is 37.2. The first kappa shape index (κ1) is 92.6. The Bertz CT molecular complexity index is 4720. The van der Waals surface area contributed by atoms with E-state index in [9.17, 15) is 28.8 Å². The van der Waals surface area contributed by atoms with E-state index in [1.165, 1.54) is 19.2 Å². The highest BCUT2D eigenvalue weighted by atomic mass is 16.6. The highest BCUT2D eigenvalue weighted by molar-refractivity contribution is 6.06. The first-order chi connectivity index (χ1) is 58.8. The number of aryl methyl sites for hydroxylation is 4. The fourth-order valence-electron chi connectivity index (χ4n) is 13.7. The minimum absolute atomic E-state index is 0.00818. The third kappa shape index (κ3) is 27.9. The van der Waals surface area contributed by atoms with Gasteiger partial charge in [-0.3, -0.25) is 48.8 Å². The molecule has 1 saturated heterocycles. The molecule has 9 N–H and O–H groups in total. The summed E-state index contributed by atoms with van der Waals surface area (Å²) in [7, 11) is 1.46. The molecule has 2 aliphatic heterocycles. The molecule has 39 nitrogen and oxygen atoms in total. The smallest absolute Gasteiger partial charge is 0.320 e. The summed E-state index contributed by atoms with van der Waals surface area (Å²) in [6.45, 7) is 23.1. The van der Waals surface area contributed by atoms with Crippen molar-refractivity contribution in [1.29, 1.82) is 0 Å². The number of carbonyl (C=O) groups is 6. The number of piperidine rings is 1. The number of rotatable bonds is 57. The number of amides is 5. The number of nitrogens with one attached hydrogen (secondary N) is 2. The van der Waals surface area contributed by atoms with E-state index in [1.54, 1.807) is 56.6 Å². The number of imidazole rings is 2. The van der Waals surface area contributed by atoms with Crippen LogP contribution in [-0.4, -0.2) is 294 Å². The van der Waals surface area contributed by atoms with Gasteiger partial charge in [0.05, 0.1) is 187 Å². The standard InChI is InChI=1S/C82H115N19O20/c1-7-100-67(48-56(3)92-100)78(105)88-81-86-65-51-62(75(84)103)53-69(109-6)73(65)98(81)20-9-10-21-99-74-66(87-82(99)89-79(106)68-49-57(4)93-101(68)8-2)52-63(76(85)104)54-70(74)120-26-11-19-95-22-16-61(17-23-95)77-91-90-71-55-96(24-25-97(71)77)72(102)18-27-110-28-29-111-30-31-112-32-33-113-34-35-114-36-37-115-38-39-116-40-41-117-42-43-118-44-45-119-46-47-121-94-58(5)60-14-12-59(13-15-60)50-64(83)80(107)108/h9-10,12-15,48-49,51-54,61,64H,7-8,11,16-47,50,55,83H2,1-6H3,(H2,84,103)(H2,85,104)(H,107,108)(H,86,88,105)(H,87,89,106)/b10-9+,94-58?/t64-/m0/s1. The van der Waals surface area contributed by atoms with Crippen molar-refractivity contribution in [2.24, 2.45) is 22.4 Å². The zero-order valence-corrected chi connectivity index (χ0v) is 69.9. The second kappa shape index (κ2) is 48.7. The largest absolute Gasteiger partial charge is 0.494 e. The van der Waals surface area contributed by atoms with Crippen LogP contribution in [0.2, 0.25) is 0 Å². The van der Waals surface area contributed by atoms with Crippen molar-refractivity contribution >= 4 is 75.2 Å². The highest BCUT2D eigenvalue weighted by Crippen LogP contribution is 2.35. The Morgan fingerprint density at radius 1 is 0.570 bits per heavy atom. The van der Waals surface area contributed by atoms with E-state index in [1.807, 2.05) is 62.1 Å². The van der Waals surface area contributed by atoms with E-state index < -0.39 is 35.6 Å². The highest BCUT2D eigenvalue weighted by Gasteiger charge is 2.31. The molecule has 39 heteroatoms. The molecular weight excluding hydrogens is 1570 g/mol. The summed E-state index contributed by atoms with van der Waals surface area (Å²) in [4.78, 5) is 96.8. The lowest BCUT2D eigenvalue weighted by atomic mass is 9.95. The Hall–Kier alpha value is -10.7. The average Bonchev–Trinajstić information content (AvgIpc) is 1.64. The number of hydrogen-bond acceptors (Lipinski definition) is 28. The van der Waals surface area contributed by atoms with Gasteiger partial charge in [-0.2, -0.15) is 10.2 Å². The minimum Gasteiger partial charge on any atom is -0.494 e. The Labute approximate surface area is 701 Å². The number of hydrogen-bond donors (Lipinski definition) is 6. The molecule has 7 heterocycles. The maximum Gasteiger partial charge on any atom is 0.320 e. The number of methoxy groups -OCH3 is 1. The van der Waals surface area contributed by atoms with Gasteiger partial charge >= 0.3 is 5.97 Å². The topological polar surface area (TPSA) is 466 Å². The van der Waals surface area contributed by atoms with E-state index in [4.69, 9.17) is 94.0 Å². The lowest BCUT2D eigenvalue weighted by Gasteiger charge is -2.33. The van der Waals surface area contributed by atoms with Crippen LogP contribution < -0.4 is 37.3 Å². The molecule has 1 atom stereocenters. The number of aromatic nitrogens is 11. The van der Waals surface area contributed by atoms with Crippen LogP contribution in [0.25, 0.3) is 22.1 Å². The number of carboxylic acids is 1. The van der Waals surface area contributed by atoms with Gasteiger partial charge in [0.1, 0.15) is 52.4 Å². The molecule has 3 aromatic carbocycles. The van der Waals surface area contributed by atoms with Crippen LogP contribution in [0.4, 0.5) is 11.9 Å². The van der Waals surface area contributed by atoms with Gasteiger partial charge in [0.15, 0.2) is 5.82 Å². The van der Waals surface area contributed by atoms with E-state index in [-0.39, 0.29) is 80.6 Å². The number of carbonyl (C=O) groups excluding carboxylic acids is 5. The van der Waals surface area contributed by atoms with Gasteiger partial charge in [0, 0.05) is 62.9 Å². The van der Waals surface area contributed by atoms with Gasteiger partial charge in [0.25, 0.3) is 11.8 Å². The molecule has 5 aromatic heterocycles. The van der Waals surface area contributed by atoms with Crippen molar-refractivity contribution in [3.63, 3.8) is 0 Å². The quantitative estimate of drug-likeness (QED) is 0.0127. The van der Waals surface area contributed by atoms with Crippen LogP contribution >= 0.6 is 0 Å². The zero-order chi connectivity index (χ0) is 85.8. The molecule has 121 heavy (non-hydrogen) atoms. The predicted octanol–water partition coefficient (Wildman–Crippen LogP) is 4.94. The zero-order valence-electron chi connectivity index (χ0n) is 69.9. The molecule has 2 aliphatic rings. The van der Waals surface area contributed by atoms with Crippen molar-refractivity contribution in [3.05, 3.63) is 129 Å². The summed E-state index contributed by atoms with van der Waals surface area (Å²) in [5.41, 5.74) is 23.6. The molecular formula is C82H115N19O20. The van der Waals surface area contributed by atoms with E-state index in [0.717, 1.165) is 55.3 Å². The number of benzene rings is 3. The molecule has 0 saturated carbocycles. The second-order valence-electron chi connectivity index (χ2n) is 28.6. The van der Waals surface area contributed by atoms with Crippen LogP contribution in [0.1, 0.15) is 128 Å². The van der Waals surface area contributed by atoms with Crippen LogP contribution in [0.15, 0.2) is 78.0 Å². The Kier molecular flexibility index (Phi) is 37.2. The number of oxime groups is 1. The second-order valence-corrected chi connectivity index (χ2v) is 28.6. The summed E-state index contributed by atoms with van der Waals surface area (Å²) in [5.74, 6) is -0.461. The lowest BCUT2D eigenvalue weighted by Crippen LogP contribution is -2.40. The first-order valence-electron chi connectivity index (χ1n) is 41.0. The molecule has 0 radical (unpaired) electrons. The Morgan fingerprint density at radius 2 is 1.02 bits per heavy atom. The average molecular weight is 1690 g/mol. The van der Waals surface area contributed by atoms with E-state index in [2.05, 4.69) is 45.7 Å². The van der Waals surface area contributed by atoms with Crippen LogP contribution in [0, 0.1) is 13.8 Å². The predicted molar refractivity (Wildman–Crippen MR) is 444 cm³/mol. The van der Waals surface area contributed by atoms with Crippen molar-refractivity contribution < 1.29 is 95.6 Å². The third-order valence-electron chi connectivity index (χ3n) is 19.9.